The maximum atomic E-state index is 5.87. The molecule has 0 heterocycles. The molecule has 0 amide bonds. The molecule has 1 unspecified atom stereocenters. The van der Waals surface area contributed by atoms with Gasteiger partial charge in [0.15, 0.2) is 11.5 Å². The summed E-state index contributed by atoms with van der Waals surface area (Å²) in [4.78, 5) is 0. The Bertz CT molecular complexity index is 399. The van der Waals surface area contributed by atoms with Crippen molar-refractivity contribution in [1.82, 2.24) is 0 Å². The third-order valence-corrected chi connectivity index (χ3v) is 3.11. The average Bonchev–Trinajstić information content (AvgIpc) is 2.35. The molecule has 1 aromatic rings. The molecule has 0 aliphatic carbocycles. The number of ether oxygens (including phenoxy) is 3. The third-order valence-electron chi connectivity index (χ3n) is 2.52. The summed E-state index contributed by atoms with van der Waals surface area (Å²) >= 11 is 3.53. The van der Waals surface area contributed by atoms with E-state index >= 15 is 0 Å². The number of benzene rings is 1. The van der Waals surface area contributed by atoms with Gasteiger partial charge in [-0.2, -0.15) is 0 Å². The predicted octanol–water partition coefficient (Wildman–Crippen LogP) is 2.76. The molecule has 0 saturated carbocycles. The van der Waals surface area contributed by atoms with Crippen molar-refractivity contribution >= 4 is 15.9 Å². The van der Waals surface area contributed by atoms with Gasteiger partial charge in [0.1, 0.15) is 6.10 Å². The van der Waals surface area contributed by atoms with Gasteiger partial charge in [-0.1, -0.05) is 0 Å². The zero-order valence-corrected chi connectivity index (χ0v) is 13.3. The second kappa shape index (κ2) is 8.40. The first-order valence-corrected chi connectivity index (χ1v) is 7.22. The molecule has 1 atom stereocenters. The van der Waals surface area contributed by atoms with Gasteiger partial charge in [0.2, 0.25) is 0 Å². The quantitative estimate of drug-likeness (QED) is 0.795. The Morgan fingerprint density at radius 1 is 1.37 bits per heavy atom. The summed E-state index contributed by atoms with van der Waals surface area (Å²) < 4.78 is 17.5. The van der Waals surface area contributed by atoms with E-state index in [2.05, 4.69) is 15.9 Å². The van der Waals surface area contributed by atoms with Crippen LogP contribution in [0.25, 0.3) is 0 Å². The van der Waals surface area contributed by atoms with E-state index in [4.69, 9.17) is 19.9 Å². The van der Waals surface area contributed by atoms with E-state index in [0.29, 0.717) is 25.5 Å². The fourth-order valence-electron chi connectivity index (χ4n) is 1.78. The molecule has 5 heteroatoms. The summed E-state index contributed by atoms with van der Waals surface area (Å²) in [6.07, 6.45) is 0.771. The summed E-state index contributed by atoms with van der Waals surface area (Å²) in [5.41, 5.74) is 6.72. The topological polar surface area (TPSA) is 53.7 Å². The lowest BCUT2D eigenvalue weighted by molar-refractivity contribution is 0.0888. The van der Waals surface area contributed by atoms with E-state index in [1.54, 1.807) is 7.11 Å². The van der Waals surface area contributed by atoms with Gasteiger partial charge in [0.05, 0.1) is 17.7 Å². The molecule has 0 fully saturated rings. The summed E-state index contributed by atoms with van der Waals surface area (Å²) in [5, 5.41) is 0. The molecule has 108 valence electrons. The molecular formula is C14H22BrNO3. The Balaban J connectivity index is 2.99. The molecule has 1 rings (SSSR count). The molecule has 4 nitrogen and oxygen atoms in total. The smallest absolute Gasteiger partial charge is 0.175 e. The Morgan fingerprint density at radius 3 is 2.68 bits per heavy atom. The van der Waals surface area contributed by atoms with Crippen LogP contribution in [0.4, 0.5) is 0 Å². The second-order valence-electron chi connectivity index (χ2n) is 4.26. The van der Waals surface area contributed by atoms with E-state index in [-0.39, 0.29) is 6.10 Å². The highest BCUT2D eigenvalue weighted by molar-refractivity contribution is 9.10. The molecule has 1 aromatic carbocycles. The average molecular weight is 332 g/mol. The van der Waals surface area contributed by atoms with Gasteiger partial charge in [-0.25, -0.2) is 0 Å². The van der Waals surface area contributed by atoms with Crippen LogP contribution >= 0.6 is 15.9 Å². The lowest BCUT2D eigenvalue weighted by atomic mass is 10.1. The molecular weight excluding hydrogens is 310 g/mol. The number of methoxy groups -OCH3 is 1. The zero-order chi connectivity index (χ0) is 14.3. The molecule has 0 aliphatic rings. The molecule has 0 saturated heterocycles. The van der Waals surface area contributed by atoms with Crippen LogP contribution < -0.4 is 15.2 Å². The molecule has 0 spiro atoms. The summed E-state index contributed by atoms with van der Waals surface area (Å²) in [5.74, 6) is 1.45. The van der Waals surface area contributed by atoms with Crippen LogP contribution in [0, 0.1) is 0 Å². The normalized spacial score (nSPS) is 12.3. The van der Waals surface area contributed by atoms with Crippen LogP contribution in [0.1, 0.15) is 19.4 Å². The Hall–Kier alpha value is -0.780. The molecule has 0 radical (unpaired) electrons. The SMILES string of the molecule is CCOc1cc(CCN)cc(Br)c1OC(C)COC. The summed E-state index contributed by atoms with van der Waals surface area (Å²) in [7, 11) is 1.66. The fraction of sp³-hybridized carbons (Fsp3) is 0.571. The van der Waals surface area contributed by atoms with Gasteiger partial charge in [-0.3, -0.25) is 0 Å². The van der Waals surface area contributed by atoms with Crippen LogP contribution in [0.3, 0.4) is 0 Å². The second-order valence-corrected chi connectivity index (χ2v) is 5.11. The van der Waals surface area contributed by atoms with Gasteiger partial charge in [0, 0.05) is 7.11 Å². The molecule has 19 heavy (non-hydrogen) atoms. The molecule has 0 aromatic heterocycles. The highest BCUT2D eigenvalue weighted by Crippen LogP contribution is 2.37. The molecule has 0 bridgehead atoms. The van der Waals surface area contributed by atoms with Crippen molar-refractivity contribution in [3.63, 3.8) is 0 Å². The van der Waals surface area contributed by atoms with Crippen molar-refractivity contribution < 1.29 is 14.2 Å². The first-order valence-electron chi connectivity index (χ1n) is 6.43. The van der Waals surface area contributed by atoms with Crippen molar-refractivity contribution in [2.75, 3.05) is 26.9 Å². The Labute approximate surface area is 123 Å². The minimum atomic E-state index is -0.0409. The van der Waals surface area contributed by atoms with Crippen LogP contribution in [-0.4, -0.2) is 33.0 Å². The van der Waals surface area contributed by atoms with Gasteiger partial charge in [0.25, 0.3) is 0 Å². The number of hydrogen-bond donors (Lipinski definition) is 1. The number of nitrogens with two attached hydrogens (primary N) is 1. The van der Waals surface area contributed by atoms with Gasteiger partial charge >= 0.3 is 0 Å². The van der Waals surface area contributed by atoms with Crippen LogP contribution in [-0.2, 0) is 11.2 Å². The van der Waals surface area contributed by atoms with E-state index in [1.165, 1.54) is 0 Å². The predicted molar refractivity (Wildman–Crippen MR) is 80.0 cm³/mol. The maximum Gasteiger partial charge on any atom is 0.175 e. The van der Waals surface area contributed by atoms with Crippen LogP contribution in [0.5, 0.6) is 11.5 Å². The van der Waals surface area contributed by atoms with Gasteiger partial charge < -0.3 is 19.9 Å². The molecule has 0 aliphatic heterocycles. The number of rotatable bonds is 8. The minimum Gasteiger partial charge on any atom is -0.490 e. The van der Waals surface area contributed by atoms with E-state index in [9.17, 15) is 0 Å². The van der Waals surface area contributed by atoms with Gasteiger partial charge in [-0.05, 0) is 60.4 Å². The van der Waals surface area contributed by atoms with Crippen LogP contribution in [0.15, 0.2) is 16.6 Å². The highest BCUT2D eigenvalue weighted by Gasteiger charge is 2.15. The van der Waals surface area contributed by atoms with Crippen molar-refractivity contribution in [3.05, 3.63) is 22.2 Å². The van der Waals surface area contributed by atoms with Crippen molar-refractivity contribution in [2.45, 2.75) is 26.4 Å². The summed E-state index contributed by atoms with van der Waals surface area (Å²) in [6.45, 7) is 5.64. The highest BCUT2D eigenvalue weighted by atomic mass is 79.9. The zero-order valence-electron chi connectivity index (χ0n) is 11.7. The minimum absolute atomic E-state index is 0.0409. The third kappa shape index (κ3) is 5.01. The Kier molecular flexibility index (Phi) is 7.20. The van der Waals surface area contributed by atoms with Crippen molar-refractivity contribution in [3.8, 4) is 11.5 Å². The number of hydrogen-bond acceptors (Lipinski definition) is 4. The van der Waals surface area contributed by atoms with E-state index < -0.39 is 0 Å². The fourth-order valence-corrected chi connectivity index (χ4v) is 2.36. The van der Waals surface area contributed by atoms with Gasteiger partial charge in [-0.15, -0.1) is 0 Å². The van der Waals surface area contributed by atoms with E-state index in [1.807, 2.05) is 26.0 Å². The van der Waals surface area contributed by atoms with E-state index in [0.717, 1.165) is 22.2 Å². The largest absolute Gasteiger partial charge is 0.490 e. The monoisotopic (exact) mass is 331 g/mol. The van der Waals surface area contributed by atoms with Crippen molar-refractivity contribution in [2.24, 2.45) is 5.73 Å². The lowest BCUT2D eigenvalue weighted by Crippen LogP contribution is -2.19. The Morgan fingerprint density at radius 2 is 2.11 bits per heavy atom. The van der Waals surface area contributed by atoms with Crippen molar-refractivity contribution in [1.29, 1.82) is 0 Å². The molecule has 2 N–H and O–H groups in total. The standard InChI is InChI=1S/C14H22BrNO3/c1-4-18-13-8-11(5-6-16)7-12(15)14(13)19-10(2)9-17-3/h7-8,10H,4-6,9,16H2,1-3H3. The first kappa shape index (κ1) is 16.3. The first-order chi connectivity index (χ1) is 9.12. The van der Waals surface area contributed by atoms with Crippen LogP contribution in [0.2, 0.25) is 0 Å². The maximum absolute atomic E-state index is 5.87. The number of halogens is 1. The lowest BCUT2D eigenvalue weighted by Gasteiger charge is -2.19. The summed E-state index contributed by atoms with van der Waals surface area (Å²) in [6, 6.07) is 4.00.